The zero-order chi connectivity index (χ0) is 16.3. The van der Waals surface area contributed by atoms with Gasteiger partial charge in [-0.15, -0.1) is 0 Å². The van der Waals surface area contributed by atoms with Crippen molar-refractivity contribution in [2.24, 2.45) is 11.7 Å². The molecule has 2 N–H and O–H groups in total. The van der Waals surface area contributed by atoms with E-state index in [0.717, 1.165) is 23.6 Å². The molecule has 0 bridgehead atoms. The van der Waals surface area contributed by atoms with E-state index in [1.165, 1.54) is 11.3 Å². The number of likely N-dealkylation sites (N-methyl/N-ethyl adjacent to an activating group) is 1. The highest BCUT2D eigenvalue weighted by atomic mass is 32.2. The smallest absolute Gasteiger partial charge is 0.352 e. The molecule has 1 heterocycles. The van der Waals surface area contributed by atoms with E-state index in [9.17, 15) is 4.79 Å². The van der Waals surface area contributed by atoms with Crippen LogP contribution in [0.25, 0.3) is 0 Å². The molecule has 1 aromatic rings. The largest absolute Gasteiger partial charge is 0.462 e. The van der Waals surface area contributed by atoms with Gasteiger partial charge in [0.05, 0.1) is 6.61 Å². The molecule has 2 rings (SSSR count). The molecule has 0 saturated heterocycles. The highest BCUT2D eigenvalue weighted by molar-refractivity contribution is 8.00. The van der Waals surface area contributed by atoms with Gasteiger partial charge in [-0.05, 0) is 38.4 Å². The van der Waals surface area contributed by atoms with E-state index < -0.39 is 0 Å². The van der Waals surface area contributed by atoms with Crippen LogP contribution < -0.4 is 10.6 Å². The van der Waals surface area contributed by atoms with Crippen LogP contribution in [0.15, 0.2) is 4.34 Å². The van der Waals surface area contributed by atoms with E-state index in [1.807, 2.05) is 20.2 Å². The summed E-state index contributed by atoms with van der Waals surface area (Å²) >= 11 is 2.94. The van der Waals surface area contributed by atoms with Crippen LogP contribution in [0.1, 0.15) is 42.8 Å². The molecule has 7 heteroatoms. The average Bonchev–Trinajstić information content (AvgIpc) is 2.91. The van der Waals surface area contributed by atoms with Crippen molar-refractivity contribution >= 4 is 34.9 Å². The lowest BCUT2D eigenvalue weighted by Crippen LogP contribution is -2.50. The maximum atomic E-state index is 12.2. The first-order valence-corrected chi connectivity index (χ1v) is 9.72. The summed E-state index contributed by atoms with van der Waals surface area (Å²) in [7, 11) is 1.99. The number of thioether (sulfide) groups is 1. The number of hydrogen-bond donors (Lipinski definition) is 1. The Morgan fingerprint density at radius 2 is 2.27 bits per heavy atom. The van der Waals surface area contributed by atoms with Crippen LogP contribution in [0.3, 0.4) is 0 Å². The minimum Gasteiger partial charge on any atom is -0.462 e. The van der Waals surface area contributed by atoms with Gasteiger partial charge in [-0.1, -0.05) is 30.0 Å². The standard InChI is InChI=1S/C15H25N3O2S2/c1-5-20-14(19)12-13(17-15(21-4)22-12)18(3)11-7-6-9(2)8-10(11)16/h9-11H,5-8,16H2,1-4H3. The molecule has 0 amide bonds. The number of hydrogen-bond acceptors (Lipinski definition) is 7. The van der Waals surface area contributed by atoms with E-state index in [0.29, 0.717) is 23.2 Å². The van der Waals surface area contributed by atoms with Gasteiger partial charge in [0, 0.05) is 19.1 Å². The molecule has 0 aromatic carbocycles. The average molecular weight is 344 g/mol. The minimum absolute atomic E-state index is 0.114. The molecule has 0 spiro atoms. The zero-order valence-electron chi connectivity index (χ0n) is 13.7. The molecule has 3 atom stereocenters. The second-order valence-electron chi connectivity index (χ2n) is 5.82. The van der Waals surface area contributed by atoms with Crippen LogP contribution in [0.2, 0.25) is 0 Å². The normalized spacial score (nSPS) is 25.0. The van der Waals surface area contributed by atoms with Crippen molar-refractivity contribution in [3.63, 3.8) is 0 Å². The number of thiazole rings is 1. The minimum atomic E-state index is -0.292. The lowest BCUT2D eigenvalue weighted by atomic mass is 9.83. The molecular weight excluding hydrogens is 318 g/mol. The second-order valence-corrected chi connectivity index (χ2v) is 7.87. The third-order valence-electron chi connectivity index (χ3n) is 4.18. The summed E-state index contributed by atoms with van der Waals surface area (Å²) in [4.78, 5) is 19.5. The van der Waals surface area contributed by atoms with Crippen LogP contribution in [-0.2, 0) is 4.74 Å². The molecule has 3 unspecified atom stereocenters. The van der Waals surface area contributed by atoms with Crippen molar-refractivity contribution in [2.75, 3.05) is 24.8 Å². The first-order chi connectivity index (χ1) is 10.5. The summed E-state index contributed by atoms with van der Waals surface area (Å²) in [5.74, 6) is 1.09. The Morgan fingerprint density at radius 3 is 2.86 bits per heavy atom. The van der Waals surface area contributed by atoms with Crippen LogP contribution in [0.5, 0.6) is 0 Å². The highest BCUT2D eigenvalue weighted by Crippen LogP contribution is 2.35. The van der Waals surface area contributed by atoms with Gasteiger partial charge in [0.1, 0.15) is 0 Å². The van der Waals surface area contributed by atoms with Gasteiger partial charge in [0.15, 0.2) is 15.0 Å². The monoisotopic (exact) mass is 343 g/mol. The summed E-state index contributed by atoms with van der Waals surface area (Å²) in [5.41, 5.74) is 6.34. The second kappa shape index (κ2) is 7.66. The molecular formula is C15H25N3O2S2. The molecule has 0 radical (unpaired) electrons. The van der Waals surface area contributed by atoms with Gasteiger partial charge in [-0.3, -0.25) is 0 Å². The summed E-state index contributed by atoms with van der Waals surface area (Å²) in [5, 5.41) is 0. The Bertz CT molecular complexity index is 521. The number of ether oxygens (including phenoxy) is 1. The number of rotatable bonds is 5. The van der Waals surface area contributed by atoms with Gasteiger partial charge < -0.3 is 15.4 Å². The topological polar surface area (TPSA) is 68.5 Å². The SMILES string of the molecule is CCOC(=O)c1sc(SC)nc1N(C)C1CCC(C)CC1N. The van der Waals surface area contributed by atoms with Crippen LogP contribution in [0.4, 0.5) is 5.82 Å². The van der Waals surface area contributed by atoms with Crippen molar-refractivity contribution in [2.45, 2.75) is 49.5 Å². The van der Waals surface area contributed by atoms with Crippen molar-refractivity contribution in [3.05, 3.63) is 4.88 Å². The van der Waals surface area contributed by atoms with Gasteiger partial charge in [-0.2, -0.15) is 0 Å². The Kier molecular flexibility index (Phi) is 6.11. The van der Waals surface area contributed by atoms with Crippen LogP contribution >= 0.6 is 23.1 Å². The maximum absolute atomic E-state index is 12.2. The Morgan fingerprint density at radius 1 is 1.55 bits per heavy atom. The van der Waals surface area contributed by atoms with Crippen molar-refractivity contribution < 1.29 is 9.53 Å². The lowest BCUT2D eigenvalue weighted by Gasteiger charge is -2.38. The summed E-state index contributed by atoms with van der Waals surface area (Å²) in [6.45, 7) is 4.43. The molecule has 22 heavy (non-hydrogen) atoms. The first-order valence-electron chi connectivity index (χ1n) is 7.68. The number of carbonyl (C=O) groups excluding carboxylic acids is 1. The molecule has 1 aliphatic rings. The van der Waals surface area contributed by atoms with E-state index in [2.05, 4.69) is 16.8 Å². The fourth-order valence-electron chi connectivity index (χ4n) is 3.00. The number of aromatic nitrogens is 1. The Labute approximate surface area is 140 Å². The summed E-state index contributed by atoms with van der Waals surface area (Å²) in [6.07, 6.45) is 5.18. The van der Waals surface area contributed by atoms with Gasteiger partial charge in [-0.25, -0.2) is 9.78 Å². The third-order valence-corrected chi connectivity index (χ3v) is 6.19. The van der Waals surface area contributed by atoms with E-state index in [1.54, 1.807) is 11.8 Å². The van der Waals surface area contributed by atoms with Gasteiger partial charge in [0.25, 0.3) is 0 Å². The van der Waals surface area contributed by atoms with Crippen molar-refractivity contribution in [1.29, 1.82) is 0 Å². The van der Waals surface area contributed by atoms with E-state index in [4.69, 9.17) is 10.5 Å². The molecule has 1 aliphatic carbocycles. The van der Waals surface area contributed by atoms with Crippen molar-refractivity contribution in [1.82, 2.24) is 4.98 Å². The Balaban J connectivity index is 2.26. The summed E-state index contributed by atoms with van der Waals surface area (Å²) in [6, 6.07) is 0.337. The predicted molar refractivity (Wildman–Crippen MR) is 93.0 cm³/mol. The van der Waals surface area contributed by atoms with Gasteiger partial charge in [0.2, 0.25) is 0 Å². The number of carbonyl (C=O) groups is 1. The van der Waals surface area contributed by atoms with E-state index >= 15 is 0 Å². The molecule has 1 aromatic heterocycles. The predicted octanol–water partition coefficient (Wildman–Crippen LogP) is 2.99. The number of nitrogens with zero attached hydrogens (tertiary/aromatic N) is 2. The van der Waals surface area contributed by atoms with E-state index in [-0.39, 0.29) is 18.1 Å². The quantitative estimate of drug-likeness (QED) is 0.655. The maximum Gasteiger partial charge on any atom is 0.352 e. The fourth-order valence-corrected chi connectivity index (χ4v) is 4.49. The lowest BCUT2D eigenvalue weighted by molar-refractivity contribution is 0.0532. The summed E-state index contributed by atoms with van der Waals surface area (Å²) < 4.78 is 6.05. The first kappa shape index (κ1) is 17.6. The van der Waals surface area contributed by atoms with Gasteiger partial charge >= 0.3 is 5.97 Å². The number of esters is 1. The van der Waals surface area contributed by atoms with Crippen molar-refractivity contribution in [3.8, 4) is 0 Å². The van der Waals surface area contributed by atoms with Crippen LogP contribution in [-0.4, -0.2) is 42.9 Å². The Hall–Kier alpha value is -0.790. The highest BCUT2D eigenvalue weighted by Gasteiger charge is 2.32. The fraction of sp³-hybridized carbons (Fsp3) is 0.733. The molecule has 0 aliphatic heterocycles. The molecule has 5 nitrogen and oxygen atoms in total. The number of nitrogens with two attached hydrogens (primary N) is 1. The third kappa shape index (κ3) is 3.75. The molecule has 124 valence electrons. The zero-order valence-corrected chi connectivity index (χ0v) is 15.3. The number of anilines is 1. The molecule has 1 saturated carbocycles. The van der Waals surface area contributed by atoms with Crippen LogP contribution in [0, 0.1) is 5.92 Å². The molecule has 1 fully saturated rings.